The van der Waals surface area contributed by atoms with E-state index in [0.717, 1.165) is 22.3 Å². The number of carboxylic acids is 1. The van der Waals surface area contributed by atoms with Crippen LogP contribution < -0.4 is 10.6 Å². The van der Waals surface area contributed by atoms with Gasteiger partial charge in [0, 0.05) is 5.92 Å². The predicted molar refractivity (Wildman–Crippen MR) is 121 cm³/mol. The Kier molecular flexibility index (Phi) is 6.26. The van der Waals surface area contributed by atoms with Crippen molar-refractivity contribution in [1.82, 2.24) is 5.32 Å². The Bertz CT molecular complexity index is 1160. The van der Waals surface area contributed by atoms with Crippen LogP contribution in [0.2, 0.25) is 0 Å². The van der Waals surface area contributed by atoms with E-state index in [1.54, 1.807) is 12.1 Å². The summed E-state index contributed by atoms with van der Waals surface area (Å²) < 4.78 is 5.40. The van der Waals surface area contributed by atoms with Crippen molar-refractivity contribution in [3.05, 3.63) is 83.9 Å². The molecule has 0 spiro atoms. The van der Waals surface area contributed by atoms with Crippen molar-refractivity contribution >= 4 is 23.7 Å². The number of carbonyl (C=O) groups is 3. The molecule has 0 saturated heterocycles. The van der Waals surface area contributed by atoms with Gasteiger partial charge in [-0.3, -0.25) is 9.59 Å². The molecule has 0 fully saturated rings. The fraction of sp³-hybridized carbons (Fsp3) is 0.160. The van der Waals surface area contributed by atoms with Crippen molar-refractivity contribution in [1.29, 1.82) is 0 Å². The molecule has 0 aliphatic heterocycles. The van der Waals surface area contributed by atoms with E-state index in [1.165, 1.54) is 12.1 Å². The molecule has 1 aliphatic carbocycles. The van der Waals surface area contributed by atoms with E-state index in [1.807, 2.05) is 48.5 Å². The number of para-hydroxylation sites is 2. The lowest BCUT2D eigenvalue weighted by Gasteiger charge is -2.19. The lowest BCUT2D eigenvalue weighted by atomic mass is 9.98. The van der Waals surface area contributed by atoms with Crippen molar-refractivity contribution in [3.8, 4) is 16.9 Å². The maximum atomic E-state index is 12.6. The number of hydrogen-bond donors (Lipinski definition) is 4. The number of hydrogen-bond acceptors (Lipinski definition) is 5. The highest BCUT2D eigenvalue weighted by Crippen LogP contribution is 2.44. The number of phenolic OH excluding ortho intramolecular Hbond substituents is 1. The number of carbonyl (C=O) groups excluding carboxylic acids is 2. The van der Waals surface area contributed by atoms with Gasteiger partial charge in [-0.1, -0.05) is 60.7 Å². The number of nitrogens with one attached hydrogen (secondary N) is 2. The lowest BCUT2D eigenvalue weighted by Crippen LogP contribution is -2.45. The lowest BCUT2D eigenvalue weighted by molar-refractivity contribution is -0.139. The van der Waals surface area contributed by atoms with Gasteiger partial charge in [0.1, 0.15) is 18.4 Å². The van der Waals surface area contributed by atoms with Crippen LogP contribution in [0.15, 0.2) is 72.8 Å². The van der Waals surface area contributed by atoms with Crippen LogP contribution in [0.4, 0.5) is 10.5 Å². The van der Waals surface area contributed by atoms with Crippen molar-refractivity contribution < 1.29 is 29.3 Å². The van der Waals surface area contributed by atoms with E-state index < -0.39 is 30.4 Å². The third-order valence-electron chi connectivity index (χ3n) is 5.49. The fourth-order valence-corrected chi connectivity index (χ4v) is 3.97. The van der Waals surface area contributed by atoms with Crippen LogP contribution in [-0.4, -0.2) is 40.8 Å². The molecule has 0 bridgehead atoms. The summed E-state index contributed by atoms with van der Waals surface area (Å²) in [6, 6.07) is 20.3. The second-order valence-electron chi connectivity index (χ2n) is 7.63. The van der Waals surface area contributed by atoms with Crippen molar-refractivity contribution in [2.75, 3.05) is 11.9 Å². The smallest absolute Gasteiger partial charge is 0.407 e. The molecule has 4 rings (SSSR count). The number of phenols is 1. The number of rotatable bonds is 7. The Labute approximate surface area is 189 Å². The molecule has 1 unspecified atom stereocenters. The van der Waals surface area contributed by atoms with Gasteiger partial charge < -0.3 is 25.6 Å². The molecule has 3 aromatic rings. The van der Waals surface area contributed by atoms with Crippen LogP contribution in [-0.2, 0) is 14.3 Å². The van der Waals surface area contributed by atoms with Gasteiger partial charge in [0.15, 0.2) is 0 Å². The summed E-state index contributed by atoms with van der Waals surface area (Å²) in [6.07, 6.45) is -1.56. The first-order valence-electron chi connectivity index (χ1n) is 10.4. The first-order valence-corrected chi connectivity index (χ1v) is 10.4. The number of aromatic hydroxyl groups is 1. The molecule has 168 valence electrons. The van der Waals surface area contributed by atoms with Gasteiger partial charge in [0.05, 0.1) is 12.1 Å². The first kappa shape index (κ1) is 21.9. The Morgan fingerprint density at radius 2 is 1.45 bits per heavy atom. The maximum Gasteiger partial charge on any atom is 0.407 e. The van der Waals surface area contributed by atoms with Gasteiger partial charge in [0.2, 0.25) is 5.91 Å². The molecule has 2 amide bonds. The minimum absolute atomic E-state index is 0.0285. The van der Waals surface area contributed by atoms with Crippen molar-refractivity contribution in [2.45, 2.75) is 18.4 Å². The predicted octanol–water partition coefficient (Wildman–Crippen LogP) is 3.71. The minimum atomic E-state index is -1.39. The Hall–Kier alpha value is -4.33. The molecule has 8 heteroatoms. The van der Waals surface area contributed by atoms with Gasteiger partial charge in [-0.25, -0.2) is 4.79 Å². The van der Waals surface area contributed by atoms with E-state index in [0.29, 0.717) is 0 Å². The number of fused-ring (bicyclic) bond motifs is 3. The molecule has 33 heavy (non-hydrogen) atoms. The van der Waals surface area contributed by atoms with Crippen LogP contribution in [0.5, 0.6) is 5.75 Å². The number of ether oxygens (including phenoxy) is 1. The van der Waals surface area contributed by atoms with Gasteiger partial charge in [-0.05, 0) is 34.4 Å². The van der Waals surface area contributed by atoms with E-state index in [2.05, 4.69) is 10.6 Å². The Balaban J connectivity index is 1.43. The monoisotopic (exact) mass is 446 g/mol. The Morgan fingerprint density at radius 3 is 2.06 bits per heavy atom. The van der Waals surface area contributed by atoms with Crippen LogP contribution in [0.25, 0.3) is 11.1 Å². The average molecular weight is 446 g/mol. The Morgan fingerprint density at radius 1 is 0.879 bits per heavy atom. The minimum Gasteiger partial charge on any atom is -0.506 e. The van der Waals surface area contributed by atoms with E-state index in [4.69, 9.17) is 9.84 Å². The van der Waals surface area contributed by atoms with Crippen LogP contribution >= 0.6 is 0 Å². The van der Waals surface area contributed by atoms with Gasteiger partial charge in [0.25, 0.3) is 0 Å². The number of amides is 2. The summed E-state index contributed by atoms with van der Waals surface area (Å²) in [5.74, 6) is -2.41. The van der Waals surface area contributed by atoms with Crippen LogP contribution in [0, 0.1) is 0 Å². The summed E-state index contributed by atoms with van der Waals surface area (Å²) in [5.41, 5.74) is 4.32. The second kappa shape index (κ2) is 9.44. The molecule has 8 nitrogen and oxygen atoms in total. The molecule has 0 saturated carbocycles. The number of aliphatic carboxylic acids is 1. The molecule has 0 aromatic heterocycles. The molecule has 0 heterocycles. The molecule has 1 aliphatic rings. The number of alkyl carbamates (subject to hydrolysis) is 1. The number of benzene rings is 3. The topological polar surface area (TPSA) is 125 Å². The third kappa shape index (κ3) is 4.79. The summed E-state index contributed by atoms with van der Waals surface area (Å²) in [7, 11) is 0. The van der Waals surface area contributed by atoms with Crippen LogP contribution in [0.1, 0.15) is 23.5 Å². The first-order chi connectivity index (χ1) is 15.9. The second-order valence-corrected chi connectivity index (χ2v) is 7.63. The van der Waals surface area contributed by atoms with E-state index >= 15 is 0 Å². The average Bonchev–Trinajstić information content (AvgIpc) is 3.12. The van der Waals surface area contributed by atoms with Crippen molar-refractivity contribution in [2.24, 2.45) is 0 Å². The zero-order valence-corrected chi connectivity index (χ0v) is 17.5. The summed E-state index contributed by atoms with van der Waals surface area (Å²) in [6.45, 7) is 0.0285. The molecule has 1 atom stereocenters. The van der Waals surface area contributed by atoms with Crippen LogP contribution in [0.3, 0.4) is 0 Å². The highest BCUT2D eigenvalue weighted by molar-refractivity contribution is 5.99. The molecular formula is C25H22N2O6. The fourth-order valence-electron chi connectivity index (χ4n) is 3.97. The van der Waals surface area contributed by atoms with Gasteiger partial charge in [-0.15, -0.1) is 0 Å². The SMILES string of the molecule is O=C(O)CC(NC(=O)OCC1c2ccccc2-c2ccccc21)C(=O)Nc1ccccc1O. The standard InChI is InChI=1S/C25H22N2O6/c28-22-12-6-5-11-20(22)26-24(31)21(13-23(29)30)27-25(32)33-14-19-17-9-3-1-7-15(17)16-8-2-4-10-18(16)19/h1-12,19,21,28H,13-14H2,(H,26,31)(H,27,32)(H,29,30). The third-order valence-corrected chi connectivity index (χ3v) is 5.49. The van der Waals surface area contributed by atoms with E-state index in [-0.39, 0.29) is 24.0 Å². The molecule has 3 aromatic carbocycles. The zero-order valence-electron chi connectivity index (χ0n) is 17.5. The molecular weight excluding hydrogens is 424 g/mol. The zero-order chi connectivity index (χ0) is 23.4. The summed E-state index contributed by atoms with van der Waals surface area (Å²) in [5, 5.41) is 23.7. The number of carboxylic acid groups (broad SMARTS) is 1. The van der Waals surface area contributed by atoms with Crippen molar-refractivity contribution in [3.63, 3.8) is 0 Å². The normalized spacial score (nSPS) is 12.8. The number of anilines is 1. The largest absolute Gasteiger partial charge is 0.506 e. The summed E-state index contributed by atoms with van der Waals surface area (Å²) in [4.78, 5) is 36.3. The highest BCUT2D eigenvalue weighted by atomic mass is 16.5. The quantitative estimate of drug-likeness (QED) is 0.410. The van der Waals surface area contributed by atoms with Gasteiger partial charge in [-0.2, -0.15) is 0 Å². The molecule has 4 N–H and O–H groups in total. The summed E-state index contributed by atoms with van der Waals surface area (Å²) >= 11 is 0. The molecule has 0 radical (unpaired) electrons. The van der Waals surface area contributed by atoms with Gasteiger partial charge >= 0.3 is 12.1 Å². The highest BCUT2D eigenvalue weighted by Gasteiger charge is 2.30. The van der Waals surface area contributed by atoms with E-state index in [9.17, 15) is 19.5 Å². The maximum absolute atomic E-state index is 12.6.